The molecule has 0 aliphatic heterocycles. The van der Waals surface area contributed by atoms with Crippen molar-refractivity contribution in [2.75, 3.05) is 0 Å². The average molecular weight is 421 g/mol. The van der Waals surface area contributed by atoms with E-state index in [1.807, 2.05) is 36.4 Å². The predicted octanol–water partition coefficient (Wildman–Crippen LogP) is 6.62. The third-order valence-corrected chi connectivity index (χ3v) is 5.70. The molecule has 0 saturated carbocycles. The van der Waals surface area contributed by atoms with Crippen LogP contribution in [0.2, 0.25) is 0 Å². The third-order valence-electron chi connectivity index (χ3n) is 5.70. The summed E-state index contributed by atoms with van der Waals surface area (Å²) >= 11 is 0. The van der Waals surface area contributed by atoms with Crippen molar-refractivity contribution in [2.24, 2.45) is 0 Å². The zero-order valence-corrected chi connectivity index (χ0v) is 18.0. The first-order valence-electron chi connectivity index (χ1n) is 10.9. The average Bonchev–Trinajstić information content (AvgIpc) is 3.17. The van der Waals surface area contributed by atoms with Crippen LogP contribution < -0.4 is 4.74 Å². The summed E-state index contributed by atoms with van der Waals surface area (Å²) in [5.41, 5.74) is 6.39. The largest absolute Gasteiger partial charge is 0.427 e. The van der Waals surface area contributed by atoms with Gasteiger partial charge in [0.25, 0.3) is 0 Å². The van der Waals surface area contributed by atoms with Crippen LogP contribution in [0.15, 0.2) is 84.9 Å². The van der Waals surface area contributed by atoms with Crippen LogP contribution in [-0.2, 0) is 11.2 Å². The van der Waals surface area contributed by atoms with Crippen LogP contribution >= 0.6 is 0 Å². The number of aromatic amines is 1. The van der Waals surface area contributed by atoms with Crippen LogP contribution in [0.25, 0.3) is 33.2 Å². The summed E-state index contributed by atoms with van der Waals surface area (Å²) < 4.78 is 5.44. The lowest BCUT2D eigenvalue weighted by Gasteiger charge is -2.07. The number of nitrogens with zero attached hydrogens (tertiary/aromatic N) is 1. The number of pyridine rings is 1. The Kier molecular flexibility index (Phi) is 5.42. The topological polar surface area (TPSA) is 55.0 Å². The standard InChI is InChI=1S/C28H24N2O2/c1-19-14-16-25-23(18-19)22(11-7-13-27(31)32-21-9-3-2-4-10-21)28(30-25)26-17-15-20-8-5-6-12-24(20)29-26/h2-6,8-10,12,14-18,30H,7,11,13H2,1H3. The number of rotatable bonds is 6. The van der Waals surface area contributed by atoms with Crippen molar-refractivity contribution in [2.45, 2.75) is 26.2 Å². The molecule has 0 spiro atoms. The monoisotopic (exact) mass is 420 g/mol. The summed E-state index contributed by atoms with van der Waals surface area (Å²) in [6.07, 6.45) is 1.82. The van der Waals surface area contributed by atoms with Crippen molar-refractivity contribution in [3.8, 4) is 17.1 Å². The van der Waals surface area contributed by atoms with Gasteiger partial charge in [-0.05, 0) is 61.7 Å². The molecule has 2 aromatic heterocycles. The molecule has 0 radical (unpaired) electrons. The van der Waals surface area contributed by atoms with E-state index in [0.717, 1.165) is 34.2 Å². The third kappa shape index (κ3) is 4.12. The van der Waals surface area contributed by atoms with Gasteiger partial charge in [0, 0.05) is 22.7 Å². The number of fused-ring (bicyclic) bond motifs is 2. The molecule has 4 heteroatoms. The summed E-state index contributed by atoms with van der Waals surface area (Å²) in [4.78, 5) is 20.8. The molecule has 32 heavy (non-hydrogen) atoms. The second-order valence-electron chi connectivity index (χ2n) is 8.06. The fourth-order valence-electron chi connectivity index (χ4n) is 4.13. The minimum atomic E-state index is -0.211. The zero-order valence-electron chi connectivity index (χ0n) is 18.0. The van der Waals surface area contributed by atoms with E-state index in [4.69, 9.17) is 9.72 Å². The molecule has 0 aliphatic carbocycles. The highest BCUT2D eigenvalue weighted by atomic mass is 16.5. The highest BCUT2D eigenvalue weighted by Gasteiger charge is 2.16. The van der Waals surface area contributed by atoms with E-state index in [2.05, 4.69) is 48.3 Å². The van der Waals surface area contributed by atoms with Crippen LogP contribution in [0.5, 0.6) is 5.75 Å². The molecule has 0 fully saturated rings. The molecule has 0 amide bonds. The predicted molar refractivity (Wildman–Crippen MR) is 129 cm³/mol. The molecule has 4 nitrogen and oxygen atoms in total. The first kappa shape index (κ1) is 20.0. The van der Waals surface area contributed by atoms with E-state index in [1.54, 1.807) is 12.1 Å². The number of hydrogen-bond acceptors (Lipinski definition) is 3. The van der Waals surface area contributed by atoms with Gasteiger partial charge in [-0.25, -0.2) is 4.98 Å². The van der Waals surface area contributed by atoms with E-state index >= 15 is 0 Å². The Labute approximate surface area is 186 Å². The summed E-state index contributed by atoms with van der Waals surface area (Å²) in [7, 11) is 0. The maximum atomic E-state index is 12.3. The molecule has 3 aromatic carbocycles. The van der Waals surface area contributed by atoms with E-state index in [0.29, 0.717) is 18.6 Å². The number of nitrogens with one attached hydrogen (secondary N) is 1. The molecule has 2 heterocycles. The number of hydrogen-bond donors (Lipinski definition) is 1. The smallest absolute Gasteiger partial charge is 0.311 e. The molecule has 5 aromatic rings. The molecule has 0 unspecified atom stereocenters. The van der Waals surface area contributed by atoms with Crippen molar-refractivity contribution < 1.29 is 9.53 Å². The Morgan fingerprint density at radius 1 is 0.938 bits per heavy atom. The van der Waals surface area contributed by atoms with Crippen LogP contribution in [0.4, 0.5) is 0 Å². The minimum absolute atomic E-state index is 0.211. The van der Waals surface area contributed by atoms with Gasteiger partial charge < -0.3 is 9.72 Å². The minimum Gasteiger partial charge on any atom is -0.427 e. The van der Waals surface area contributed by atoms with Gasteiger partial charge in [-0.15, -0.1) is 0 Å². The number of ether oxygens (including phenoxy) is 1. The van der Waals surface area contributed by atoms with Gasteiger partial charge in [0.15, 0.2) is 0 Å². The van der Waals surface area contributed by atoms with Crippen LogP contribution in [-0.4, -0.2) is 15.9 Å². The zero-order chi connectivity index (χ0) is 21.9. The van der Waals surface area contributed by atoms with Crippen molar-refractivity contribution in [1.82, 2.24) is 9.97 Å². The van der Waals surface area contributed by atoms with Gasteiger partial charge in [-0.2, -0.15) is 0 Å². The Bertz CT molecular complexity index is 1400. The second-order valence-corrected chi connectivity index (χ2v) is 8.06. The van der Waals surface area contributed by atoms with E-state index in [1.165, 1.54) is 16.5 Å². The first-order valence-corrected chi connectivity index (χ1v) is 10.9. The molecule has 0 atom stereocenters. The lowest BCUT2D eigenvalue weighted by atomic mass is 10.0. The van der Waals surface area contributed by atoms with Crippen LogP contribution in [0.1, 0.15) is 24.0 Å². The molecule has 1 N–H and O–H groups in total. The lowest BCUT2D eigenvalue weighted by molar-refractivity contribution is -0.134. The maximum Gasteiger partial charge on any atom is 0.311 e. The van der Waals surface area contributed by atoms with E-state index < -0.39 is 0 Å². The molecule has 5 rings (SSSR count). The maximum absolute atomic E-state index is 12.3. The number of benzene rings is 3. The van der Waals surface area contributed by atoms with Crippen molar-refractivity contribution in [3.05, 3.63) is 96.1 Å². The van der Waals surface area contributed by atoms with Crippen molar-refractivity contribution >= 4 is 27.8 Å². The summed E-state index contributed by atoms with van der Waals surface area (Å²) in [6, 6.07) is 27.9. The number of aryl methyl sites for hydroxylation is 2. The van der Waals surface area contributed by atoms with E-state index in [9.17, 15) is 4.79 Å². The van der Waals surface area contributed by atoms with Crippen molar-refractivity contribution in [1.29, 1.82) is 0 Å². The number of carbonyl (C=O) groups excluding carboxylic acids is 1. The summed E-state index contributed by atoms with van der Waals surface area (Å²) in [5.74, 6) is 0.374. The number of carbonyl (C=O) groups is 1. The molecular weight excluding hydrogens is 396 g/mol. The summed E-state index contributed by atoms with van der Waals surface area (Å²) in [6.45, 7) is 2.10. The molecular formula is C28H24N2O2. The van der Waals surface area contributed by atoms with Gasteiger partial charge >= 0.3 is 5.97 Å². The Balaban J connectivity index is 1.43. The van der Waals surface area contributed by atoms with Crippen LogP contribution in [0.3, 0.4) is 0 Å². The number of H-pyrrole nitrogens is 1. The molecule has 0 aliphatic rings. The lowest BCUT2D eigenvalue weighted by Crippen LogP contribution is -2.08. The van der Waals surface area contributed by atoms with E-state index in [-0.39, 0.29) is 5.97 Å². The Morgan fingerprint density at radius 2 is 1.75 bits per heavy atom. The number of aromatic nitrogens is 2. The highest BCUT2D eigenvalue weighted by Crippen LogP contribution is 2.32. The Hall–Kier alpha value is -3.92. The molecule has 0 saturated heterocycles. The number of esters is 1. The fourth-order valence-corrected chi connectivity index (χ4v) is 4.13. The van der Waals surface area contributed by atoms with Crippen LogP contribution in [0, 0.1) is 6.92 Å². The van der Waals surface area contributed by atoms with Gasteiger partial charge in [0.05, 0.1) is 16.9 Å². The van der Waals surface area contributed by atoms with Crippen molar-refractivity contribution in [3.63, 3.8) is 0 Å². The highest BCUT2D eigenvalue weighted by molar-refractivity contribution is 5.92. The molecule has 158 valence electrons. The normalized spacial score (nSPS) is 11.2. The SMILES string of the molecule is Cc1ccc2[nH]c(-c3ccc4ccccc4n3)c(CCCC(=O)Oc3ccccc3)c2c1. The first-order chi connectivity index (χ1) is 15.7. The second kappa shape index (κ2) is 8.67. The number of para-hydroxylation sites is 2. The van der Waals surface area contributed by atoms with Gasteiger partial charge in [0.1, 0.15) is 5.75 Å². The quantitative estimate of drug-likeness (QED) is 0.248. The fraction of sp³-hybridized carbons (Fsp3) is 0.143. The molecule has 0 bridgehead atoms. The van der Waals surface area contributed by atoms with Gasteiger partial charge in [-0.1, -0.05) is 54.1 Å². The summed E-state index contributed by atoms with van der Waals surface area (Å²) in [5, 5.41) is 2.31. The van der Waals surface area contributed by atoms with Gasteiger partial charge in [0.2, 0.25) is 0 Å². The Morgan fingerprint density at radius 3 is 2.62 bits per heavy atom. The van der Waals surface area contributed by atoms with Gasteiger partial charge in [-0.3, -0.25) is 4.79 Å².